The van der Waals surface area contributed by atoms with Crippen molar-refractivity contribution in [3.05, 3.63) is 35.7 Å². The minimum Gasteiger partial charge on any atom is -0.369 e. The van der Waals surface area contributed by atoms with Gasteiger partial charge in [0.05, 0.1) is 18.2 Å². The molecule has 0 atom stereocenters. The summed E-state index contributed by atoms with van der Waals surface area (Å²) in [6.45, 7) is 7.52. The number of nitrogens with zero attached hydrogens (tertiary/aromatic N) is 6. The van der Waals surface area contributed by atoms with Gasteiger partial charge in [0.2, 0.25) is 0 Å². The van der Waals surface area contributed by atoms with Crippen molar-refractivity contribution in [2.75, 3.05) is 31.1 Å². The standard InChI is InChI=1S/C16H21F3N6/c1-12(2)25-15(20-21-22-25)11-23-6-8-24(9-7-23)14-5-3-4-13(10-14)16(17,18)19/h3-5,10,12H,6-9,11H2,1-2H3. The van der Waals surface area contributed by atoms with Crippen LogP contribution in [0.3, 0.4) is 0 Å². The first-order chi connectivity index (χ1) is 11.8. The van der Waals surface area contributed by atoms with Gasteiger partial charge in [-0.1, -0.05) is 6.07 Å². The number of tetrazole rings is 1. The molecule has 1 aromatic carbocycles. The Labute approximate surface area is 144 Å². The number of piperazine rings is 1. The van der Waals surface area contributed by atoms with E-state index in [1.165, 1.54) is 12.1 Å². The van der Waals surface area contributed by atoms with Crippen LogP contribution in [0.1, 0.15) is 31.3 Å². The van der Waals surface area contributed by atoms with Crippen LogP contribution in [0.2, 0.25) is 0 Å². The van der Waals surface area contributed by atoms with Crippen molar-refractivity contribution in [3.8, 4) is 0 Å². The third-order valence-electron chi connectivity index (χ3n) is 4.33. The van der Waals surface area contributed by atoms with Gasteiger partial charge in [-0.15, -0.1) is 5.10 Å². The minimum atomic E-state index is -4.31. The first kappa shape index (κ1) is 17.7. The Morgan fingerprint density at radius 1 is 1.12 bits per heavy atom. The monoisotopic (exact) mass is 354 g/mol. The van der Waals surface area contributed by atoms with Gasteiger partial charge in [0.1, 0.15) is 0 Å². The first-order valence-corrected chi connectivity index (χ1v) is 8.26. The molecule has 0 radical (unpaired) electrons. The third kappa shape index (κ3) is 4.09. The van der Waals surface area contributed by atoms with E-state index in [4.69, 9.17) is 0 Å². The van der Waals surface area contributed by atoms with E-state index in [1.54, 1.807) is 10.7 Å². The van der Waals surface area contributed by atoms with E-state index in [0.29, 0.717) is 25.3 Å². The SMILES string of the molecule is CC(C)n1nnnc1CN1CCN(c2cccc(C(F)(F)F)c2)CC1. The molecule has 2 aromatic rings. The average molecular weight is 354 g/mol. The largest absolute Gasteiger partial charge is 0.416 e. The lowest BCUT2D eigenvalue weighted by molar-refractivity contribution is -0.137. The van der Waals surface area contributed by atoms with Gasteiger partial charge in [-0.05, 0) is 42.5 Å². The highest BCUT2D eigenvalue weighted by atomic mass is 19.4. The van der Waals surface area contributed by atoms with Gasteiger partial charge < -0.3 is 4.90 Å². The summed E-state index contributed by atoms with van der Waals surface area (Å²) in [7, 11) is 0. The molecule has 9 heteroatoms. The van der Waals surface area contributed by atoms with E-state index in [1.807, 2.05) is 18.7 Å². The van der Waals surface area contributed by atoms with E-state index in [0.717, 1.165) is 25.0 Å². The second kappa shape index (κ2) is 6.99. The molecule has 0 amide bonds. The number of hydrogen-bond acceptors (Lipinski definition) is 5. The number of aromatic nitrogens is 4. The molecule has 0 N–H and O–H groups in total. The zero-order valence-electron chi connectivity index (χ0n) is 14.2. The van der Waals surface area contributed by atoms with Crippen LogP contribution in [0.4, 0.5) is 18.9 Å². The van der Waals surface area contributed by atoms with Crippen LogP contribution in [0.15, 0.2) is 24.3 Å². The fraction of sp³-hybridized carbons (Fsp3) is 0.562. The molecule has 0 aliphatic carbocycles. The summed E-state index contributed by atoms with van der Waals surface area (Å²) < 4.78 is 40.4. The molecule has 1 aliphatic rings. The number of alkyl halides is 3. The molecule has 1 aromatic heterocycles. The minimum absolute atomic E-state index is 0.191. The number of benzene rings is 1. The van der Waals surface area contributed by atoms with Gasteiger partial charge in [0, 0.05) is 31.9 Å². The highest BCUT2D eigenvalue weighted by molar-refractivity contribution is 5.49. The molecule has 136 valence electrons. The molecule has 0 spiro atoms. The van der Waals surface area contributed by atoms with Crippen LogP contribution >= 0.6 is 0 Å². The van der Waals surface area contributed by atoms with Gasteiger partial charge in [0.15, 0.2) is 5.82 Å². The maximum Gasteiger partial charge on any atom is 0.416 e. The van der Waals surface area contributed by atoms with Crippen molar-refractivity contribution < 1.29 is 13.2 Å². The number of hydrogen-bond donors (Lipinski definition) is 0. The van der Waals surface area contributed by atoms with Crippen molar-refractivity contribution in [1.29, 1.82) is 0 Å². The fourth-order valence-corrected chi connectivity index (χ4v) is 2.96. The smallest absolute Gasteiger partial charge is 0.369 e. The summed E-state index contributed by atoms with van der Waals surface area (Å²) >= 11 is 0. The number of rotatable bonds is 4. The molecule has 0 bridgehead atoms. The van der Waals surface area contributed by atoms with E-state index in [9.17, 15) is 13.2 Å². The Kier molecular flexibility index (Phi) is 4.94. The molecule has 3 rings (SSSR count). The first-order valence-electron chi connectivity index (χ1n) is 8.26. The number of halogens is 3. The highest BCUT2D eigenvalue weighted by Gasteiger charge is 2.31. The van der Waals surface area contributed by atoms with Crippen LogP contribution in [0, 0.1) is 0 Å². The zero-order valence-corrected chi connectivity index (χ0v) is 14.2. The maximum atomic E-state index is 12.9. The normalized spacial score (nSPS) is 16.6. The summed E-state index contributed by atoms with van der Waals surface area (Å²) in [5.74, 6) is 0.808. The van der Waals surface area contributed by atoms with Crippen molar-refractivity contribution in [3.63, 3.8) is 0 Å². The Morgan fingerprint density at radius 3 is 2.48 bits per heavy atom. The predicted molar refractivity (Wildman–Crippen MR) is 87.1 cm³/mol. The molecule has 2 heterocycles. The second-order valence-electron chi connectivity index (χ2n) is 6.44. The highest BCUT2D eigenvalue weighted by Crippen LogP contribution is 2.31. The van der Waals surface area contributed by atoms with Crippen LogP contribution in [0.25, 0.3) is 0 Å². The van der Waals surface area contributed by atoms with Gasteiger partial charge in [0.25, 0.3) is 0 Å². The Balaban J connectivity index is 1.61. The van der Waals surface area contributed by atoms with Crippen molar-refractivity contribution in [2.45, 2.75) is 32.6 Å². The van der Waals surface area contributed by atoms with Crippen LogP contribution in [0.5, 0.6) is 0 Å². The summed E-state index contributed by atoms with van der Waals surface area (Å²) in [6.07, 6.45) is -4.31. The van der Waals surface area contributed by atoms with E-state index < -0.39 is 11.7 Å². The average Bonchev–Trinajstić information content (AvgIpc) is 3.03. The Bertz CT molecular complexity index is 704. The van der Waals surface area contributed by atoms with Crippen molar-refractivity contribution in [2.24, 2.45) is 0 Å². The maximum absolute atomic E-state index is 12.9. The number of anilines is 1. The van der Waals surface area contributed by atoms with E-state index in [-0.39, 0.29) is 6.04 Å². The van der Waals surface area contributed by atoms with Gasteiger partial charge in [-0.25, -0.2) is 4.68 Å². The van der Waals surface area contributed by atoms with Gasteiger partial charge >= 0.3 is 6.18 Å². The van der Waals surface area contributed by atoms with Gasteiger partial charge in [-0.2, -0.15) is 13.2 Å². The summed E-state index contributed by atoms with van der Waals surface area (Å²) in [5, 5.41) is 11.8. The molecule has 1 fully saturated rings. The Morgan fingerprint density at radius 2 is 1.84 bits per heavy atom. The summed E-state index contributed by atoms with van der Waals surface area (Å²) in [4.78, 5) is 4.20. The molecule has 1 aliphatic heterocycles. The van der Waals surface area contributed by atoms with Crippen LogP contribution < -0.4 is 4.90 Å². The van der Waals surface area contributed by atoms with Crippen LogP contribution in [-0.4, -0.2) is 51.3 Å². The fourth-order valence-electron chi connectivity index (χ4n) is 2.96. The summed E-state index contributed by atoms with van der Waals surface area (Å²) in [5.41, 5.74) is 0.00466. The van der Waals surface area contributed by atoms with E-state index in [2.05, 4.69) is 20.4 Å². The molecule has 0 saturated carbocycles. The summed E-state index contributed by atoms with van der Waals surface area (Å²) in [6, 6.07) is 5.70. The van der Waals surface area contributed by atoms with Crippen molar-refractivity contribution >= 4 is 5.69 Å². The third-order valence-corrected chi connectivity index (χ3v) is 4.33. The van der Waals surface area contributed by atoms with Crippen LogP contribution in [-0.2, 0) is 12.7 Å². The van der Waals surface area contributed by atoms with Crippen molar-refractivity contribution in [1.82, 2.24) is 25.1 Å². The van der Waals surface area contributed by atoms with E-state index >= 15 is 0 Å². The molecule has 0 unspecified atom stereocenters. The lowest BCUT2D eigenvalue weighted by Crippen LogP contribution is -2.46. The zero-order chi connectivity index (χ0) is 18.0. The molecular weight excluding hydrogens is 333 g/mol. The predicted octanol–water partition coefficient (Wildman–Crippen LogP) is 2.60. The second-order valence-corrected chi connectivity index (χ2v) is 6.44. The molecule has 6 nitrogen and oxygen atoms in total. The molecule has 1 saturated heterocycles. The lowest BCUT2D eigenvalue weighted by atomic mass is 10.1. The Hall–Kier alpha value is -2.16. The molecular formula is C16H21F3N6. The van der Waals surface area contributed by atoms with Gasteiger partial charge in [-0.3, -0.25) is 4.90 Å². The lowest BCUT2D eigenvalue weighted by Gasteiger charge is -2.36. The quantitative estimate of drug-likeness (QED) is 0.845. The topological polar surface area (TPSA) is 50.1 Å². The molecule has 25 heavy (non-hydrogen) atoms.